The summed E-state index contributed by atoms with van der Waals surface area (Å²) >= 11 is 0. The Hall–Kier alpha value is -4.08. The predicted molar refractivity (Wildman–Crippen MR) is 177 cm³/mol. The maximum atomic E-state index is 14.6. The lowest BCUT2D eigenvalue weighted by atomic mass is 9.71. The Morgan fingerprint density at radius 3 is 2.81 bits per heavy atom. The Kier molecular flexibility index (Phi) is 7.68. The summed E-state index contributed by atoms with van der Waals surface area (Å²) < 4.78 is 23.0. The number of fused-ring (bicyclic) bond motifs is 5. The molecule has 2 aromatic heterocycles. The largest absolute Gasteiger partial charge is 0.461 e. The Labute approximate surface area is 281 Å². The molecule has 252 valence electrons. The molecular weight excluding hydrogens is 609 g/mol. The molecule has 2 fully saturated rings. The molecule has 12 heteroatoms. The van der Waals surface area contributed by atoms with Gasteiger partial charge in [-0.15, -0.1) is 0 Å². The van der Waals surface area contributed by atoms with Gasteiger partial charge in [0.2, 0.25) is 0 Å². The third kappa shape index (κ3) is 4.96. The molecule has 3 atom stereocenters. The van der Waals surface area contributed by atoms with E-state index in [1.807, 2.05) is 4.68 Å². The summed E-state index contributed by atoms with van der Waals surface area (Å²) in [6.07, 6.45) is 6.35. The highest BCUT2D eigenvalue weighted by molar-refractivity contribution is 5.94. The Morgan fingerprint density at radius 2 is 1.98 bits per heavy atom. The summed E-state index contributed by atoms with van der Waals surface area (Å²) in [6, 6.07) is 11.4. The lowest BCUT2D eigenvalue weighted by molar-refractivity contribution is 0.0714. The first-order chi connectivity index (χ1) is 23.2. The molecule has 48 heavy (non-hydrogen) atoms. The summed E-state index contributed by atoms with van der Waals surface area (Å²) in [4.78, 5) is 31.7. The number of aromatic nitrogens is 4. The van der Waals surface area contributed by atoms with Gasteiger partial charge in [-0.1, -0.05) is 24.3 Å². The van der Waals surface area contributed by atoms with Crippen molar-refractivity contribution in [2.24, 2.45) is 0 Å². The SMILES string of the molecule is CN(C)C(=O)c1nn2c(c1C#N)CN(c1nc(OC[C@@]34CCCN3C[C@H](F)C4)nc3c1CN(C)[C@@]1(CCCc4ccccc41)C3)CCC2. The second-order valence-corrected chi connectivity index (χ2v) is 14.7. The number of benzene rings is 1. The van der Waals surface area contributed by atoms with E-state index in [4.69, 9.17) is 14.7 Å². The first-order valence-electron chi connectivity index (χ1n) is 17.4. The number of carbonyl (C=O) groups excluding carboxylic acids is 1. The second-order valence-electron chi connectivity index (χ2n) is 14.7. The molecule has 5 aliphatic rings. The van der Waals surface area contributed by atoms with Crippen LogP contribution in [0.1, 0.15) is 82.7 Å². The van der Waals surface area contributed by atoms with Crippen LogP contribution in [0.25, 0.3) is 0 Å². The Balaban J connectivity index is 1.20. The van der Waals surface area contributed by atoms with Crippen LogP contribution in [-0.4, -0.2) is 99.5 Å². The van der Waals surface area contributed by atoms with E-state index in [2.05, 4.69) is 57.2 Å². The maximum Gasteiger partial charge on any atom is 0.318 e. The molecule has 0 unspecified atom stereocenters. The van der Waals surface area contributed by atoms with Crippen LogP contribution in [-0.2, 0) is 38.0 Å². The quantitative estimate of drug-likeness (QED) is 0.406. The van der Waals surface area contributed by atoms with Crippen molar-refractivity contribution in [2.45, 2.75) is 88.3 Å². The molecule has 3 aromatic rings. The molecule has 0 bridgehead atoms. The summed E-state index contributed by atoms with van der Waals surface area (Å²) in [7, 11) is 5.56. The van der Waals surface area contributed by atoms with Crippen LogP contribution in [0.4, 0.5) is 10.2 Å². The third-order valence-corrected chi connectivity index (χ3v) is 11.6. The van der Waals surface area contributed by atoms with Gasteiger partial charge in [0.25, 0.3) is 5.91 Å². The first-order valence-corrected chi connectivity index (χ1v) is 17.4. The zero-order chi connectivity index (χ0) is 33.2. The Morgan fingerprint density at radius 1 is 1.12 bits per heavy atom. The zero-order valence-corrected chi connectivity index (χ0v) is 28.2. The van der Waals surface area contributed by atoms with Gasteiger partial charge in [0, 0.05) is 58.7 Å². The number of nitrogens with zero attached hydrogens (tertiary/aromatic N) is 9. The van der Waals surface area contributed by atoms with Gasteiger partial charge in [-0.2, -0.15) is 20.3 Å². The molecule has 0 radical (unpaired) electrons. The minimum absolute atomic E-state index is 0.175. The summed E-state index contributed by atoms with van der Waals surface area (Å²) in [5, 5.41) is 14.8. The van der Waals surface area contributed by atoms with E-state index in [1.165, 1.54) is 16.0 Å². The molecule has 4 aliphatic heterocycles. The highest BCUT2D eigenvalue weighted by Gasteiger charge is 2.50. The molecule has 1 aromatic carbocycles. The summed E-state index contributed by atoms with van der Waals surface area (Å²) in [5.74, 6) is 0.520. The molecular formula is C36H44FN9O2. The molecule has 0 saturated carbocycles. The molecule has 1 amide bonds. The van der Waals surface area contributed by atoms with Crippen molar-refractivity contribution in [3.05, 3.63) is 63.6 Å². The van der Waals surface area contributed by atoms with Gasteiger partial charge < -0.3 is 14.5 Å². The van der Waals surface area contributed by atoms with Gasteiger partial charge in [0.05, 0.1) is 29.0 Å². The fourth-order valence-electron chi connectivity index (χ4n) is 9.23. The van der Waals surface area contributed by atoms with Gasteiger partial charge in [0.1, 0.15) is 30.2 Å². The van der Waals surface area contributed by atoms with Crippen molar-refractivity contribution < 1.29 is 13.9 Å². The van der Waals surface area contributed by atoms with Crippen molar-refractivity contribution in [2.75, 3.05) is 52.3 Å². The van der Waals surface area contributed by atoms with E-state index in [1.54, 1.807) is 14.1 Å². The van der Waals surface area contributed by atoms with Gasteiger partial charge in [0.15, 0.2) is 5.69 Å². The number of aryl methyl sites for hydroxylation is 2. The highest BCUT2D eigenvalue weighted by atomic mass is 19.1. The monoisotopic (exact) mass is 653 g/mol. The molecule has 1 aliphatic carbocycles. The van der Waals surface area contributed by atoms with E-state index in [0.717, 1.165) is 74.3 Å². The van der Waals surface area contributed by atoms with Crippen molar-refractivity contribution in [1.29, 1.82) is 5.26 Å². The number of likely N-dealkylation sites (N-methyl/N-ethyl adjacent to an activating group) is 1. The molecule has 11 nitrogen and oxygen atoms in total. The Bertz CT molecular complexity index is 1800. The number of halogens is 1. The minimum atomic E-state index is -0.837. The van der Waals surface area contributed by atoms with Crippen LogP contribution >= 0.6 is 0 Å². The summed E-state index contributed by atoms with van der Waals surface area (Å²) in [6.45, 7) is 4.09. The molecule has 0 N–H and O–H groups in total. The maximum absolute atomic E-state index is 14.6. The standard InChI is InChI=1S/C36H44FN9O2/c1-42(2)33(47)31-26(19-38)30-22-44(14-8-16-46(30)41-31)32-27-21-43(3)36(13-6-10-24-9-4-5-11-28(24)36)18-29(27)39-34(40-32)48-23-35-12-7-15-45(35)20-25(37)17-35/h4-5,9,11,25H,6-8,10,12-18,20-23H2,1-3H3/t25-,35+,36+/m1/s1. The fraction of sp³-hybridized carbons (Fsp3) is 0.583. The number of alkyl halides is 1. The lowest BCUT2D eigenvalue weighted by Crippen LogP contribution is -2.51. The molecule has 8 rings (SSSR count). The molecule has 1 spiro atoms. The van der Waals surface area contributed by atoms with Crippen LogP contribution in [0.2, 0.25) is 0 Å². The van der Waals surface area contributed by atoms with Gasteiger partial charge in [-0.05, 0) is 63.2 Å². The number of hydrogen-bond donors (Lipinski definition) is 0. The van der Waals surface area contributed by atoms with E-state index < -0.39 is 6.17 Å². The number of anilines is 1. The fourth-order valence-corrected chi connectivity index (χ4v) is 9.23. The number of ether oxygens (including phenoxy) is 1. The highest BCUT2D eigenvalue weighted by Crippen LogP contribution is 2.47. The number of rotatable bonds is 5. The first kappa shape index (κ1) is 31.2. The van der Waals surface area contributed by atoms with E-state index in [-0.39, 0.29) is 22.7 Å². The lowest BCUT2D eigenvalue weighted by Gasteiger charge is -2.49. The molecule has 6 heterocycles. The third-order valence-electron chi connectivity index (χ3n) is 11.6. The van der Waals surface area contributed by atoms with Gasteiger partial charge >= 0.3 is 6.01 Å². The van der Waals surface area contributed by atoms with Gasteiger partial charge in [-0.25, -0.2) is 4.39 Å². The predicted octanol–water partition coefficient (Wildman–Crippen LogP) is 3.83. The van der Waals surface area contributed by atoms with Crippen LogP contribution in [0, 0.1) is 11.3 Å². The van der Waals surface area contributed by atoms with Gasteiger partial charge in [-0.3, -0.25) is 19.3 Å². The zero-order valence-electron chi connectivity index (χ0n) is 28.2. The van der Waals surface area contributed by atoms with Crippen molar-refractivity contribution >= 4 is 11.7 Å². The minimum Gasteiger partial charge on any atom is -0.461 e. The van der Waals surface area contributed by atoms with Crippen LogP contribution in [0.5, 0.6) is 6.01 Å². The topological polar surface area (TPSA) is 107 Å². The van der Waals surface area contributed by atoms with Crippen molar-refractivity contribution in [3.8, 4) is 12.1 Å². The average molecular weight is 654 g/mol. The summed E-state index contributed by atoms with van der Waals surface area (Å²) in [5.41, 5.74) is 5.58. The van der Waals surface area contributed by atoms with E-state index in [9.17, 15) is 14.4 Å². The molecule has 2 saturated heterocycles. The van der Waals surface area contributed by atoms with Crippen LogP contribution in [0.3, 0.4) is 0 Å². The average Bonchev–Trinajstić information content (AvgIpc) is 3.67. The number of hydrogen-bond acceptors (Lipinski definition) is 9. The number of amides is 1. The van der Waals surface area contributed by atoms with E-state index >= 15 is 0 Å². The number of nitriles is 1. The van der Waals surface area contributed by atoms with E-state index in [0.29, 0.717) is 57.3 Å². The van der Waals surface area contributed by atoms with Crippen molar-refractivity contribution in [1.82, 2.24) is 34.4 Å². The van der Waals surface area contributed by atoms with Crippen LogP contribution in [0.15, 0.2) is 24.3 Å². The number of carbonyl (C=O) groups is 1. The van der Waals surface area contributed by atoms with Crippen LogP contribution < -0.4 is 9.64 Å². The normalized spacial score (nSPS) is 26.7. The smallest absolute Gasteiger partial charge is 0.318 e. The van der Waals surface area contributed by atoms with Crippen molar-refractivity contribution in [3.63, 3.8) is 0 Å². The second kappa shape index (κ2) is 11.8.